The SMILES string of the molecule is CCCCN(CCCC)c1cc(F)nc(F)n1. The Kier molecular flexibility index (Phi) is 5.80. The molecule has 0 aliphatic rings. The predicted octanol–water partition coefficient (Wildman–Crippen LogP) is 3.16. The Bertz CT molecular complexity index is 316. The van der Waals surface area contributed by atoms with Gasteiger partial charge in [0.2, 0.25) is 5.95 Å². The molecule has 17 heavy (non-hydrogen) atoms. The number of rotatable bonds is 7. The molecule has 0 amide bonds. The smallest absolute Gasteiger partial charge is 0.313 e. The summed E-state index contributed by atoms with van der Waals surface area (Å²) >= 11 is 0. The van der Waals surface area contributed by atoms with Crippen LogP contribution in [0, 0.1) is 12.0 Å². The number of anilines is 1. The molecule has 0 saturated heterocycles. The van der Waals surface area contributed by atoms with Gasteiger partial charge in [0.05, 0.1) is 0 Å². The molecule has 0 N–H and O–H groups in total. The van der Waals surface area contributed by atoms with E-state index >= 15 is 0 Å². The fourth-order valence-corrected chi connectivity index (χ4v) is 1.58. The van der Waals surface area contributed by atoms with Crippen molar-refractivity contribution in [2.75, 3.05) is 18.0 Å². The molecular formula is C12H19F2N3. The normalized spacial score (nSPS) is 10.6. The molecule has 1 rings (SSSR count). The molecule has 0 saturated carbocycles. The molecule has 5 heteroatoms. The van der Waals surface area contributed by atoms with Crippen molar-refractivity contribution in [2.24, 2.45) is 0 Å². The second-order valence-electron chi connectivity index (χ2n) is 4.01. The Labute approximate surface area is 101 Å². The van der Waals surface area contributed by atoms with Crippen LogP contribution in [0.5, 0.6) is 0 Å². The largest absolute Gasteiger partial charge is 0.356 e. The summed E-state index contributed by atoms with van der Waals surface area (Å²) in [5, 5.41) is 0. The molecule has 0 radical (unpaired) electrons. The van der Waals surface area contributed by atoms with Crippen LogP contribution >= 0.6 is 0 Å². The van der Waals surface area contributed by atoms with Crippen molar-refractivity contribution in [2.45, 2.75) is 39.5 Å². The number of halogens is 2. The Morgan fingerprint density at radius 1 is 1.06 bits per heavy atom. The summed E-state index contributed by atoms with van der Waals surface area (Å²) in [6.45, 7) is 5.71. The maximum atomic E-state index is 13.0. The minimum absolute atomic E-state index is 0.344. The van der Waals surface area contributed by atoms with Gasteiger partial charge in [-0.25, -0.2) is 0 Å². The van der Waals surface area contributed by atoms with Crippen LogP contribution in [0.25, 0.3) is 0 Å². The highest BCUT2D eigenvalue weighted by atomic mass is 19.1. The van der Waals surface area contributed by atoms with Crippen molar-refractivity contribution in [1.82, 2.24) is 9.97 Å². The second kappa shape index (κ2) is 7.14. The topological polar surface area (TPSA) is 29.0 Å². The Hall–Kier alpha value is -1.26. The molecule has 0 aliphatic heterocycles. The summed E-state index contributed by atoms with van der Waals surface area (Å²) in [7, 11) is 0. The molecule has 0 atom stereocenters. The highest BCUT2D eigenvalue weighted by Gasteiger charge is 2.11. The zero-order valence-corrected chi connectivity index (χ0v) is 10.4. The van der Waals surface area contributed by atoms with Crippen LogP contribution in [0.15, 0.2) is 6.07 Å². The van der Waals surface area contributed by atoms with Gasteiger partial charge in [0, 0.05) is 19.2 Å². The first-order valence-corrected chi connectivity index (χ1v) is 6.12. The van der Waals surface area contributed by atoms with Gasteiger partial charge in [0.15, 0.2) is 0 Å². The average molecular weight is 243 g/mol. The first-order chi connectivity index (χ1) is 8.17. The lowest BCUT2D eigenvalue weighted by atomic mass is 10.2. The summed E-state index contributed by atoms with van der Waals surface area (Å²) in [4.78, 5) is 8.57. The molecule has 0 fully saturated rings. The number of unbranched alkanes of at least 4 members (excludes halogenated alkanes) is 2. The number of hydrogen-bond donors (Lipinski definition) is 0. The maximum absolute atomic E-state index is 13.0. The van der Waals surface area contributed by atoms with Crippen molar-refractivity contribution in [3.05, 3.63) is 18.1 Å². The van der Waals surface area contributed by atoms with Gasteiger partial charge in [-0.2, -0.15) is 18.7 Å². The summed E-state index contributed by atoms with van der Waals surface area (Å²) in [5.74, 6) is -0.470. The van der Waals surface area contributed by atoms with E-state index in [9.17, 15) is 8.78 Å². The van der Waals surface area contributed by atoms with Crippen LogP contribution in [0.4, 0.5) is 14.6 Å². The van der Waals surface area contributed by atoms with Crippen molar-refractivity contribution < 1.29 is 8.78 Å². The zero-order valence-electron chi connectivity index (χ0n) is 10.4. The van der Waals surface area contributed by atoms with Crippen molar-refractivity contribution >= 4 is 5.82 Å². The van der Waals surface area contributed by atoms with Gasteiger partial charge in [-0.05, 0) is 12.8 Å². The van der Waals surface area contributed by atoms with Gasteiger partial charge < -0.3 is 4.90 Å². The third kappa shape index (κ3) is 4.63. The van der Waals surface area contributed by atoms with Gasteiger partial charge in [-0.1, -0.05) is 26.7 Å². The lowest BCUT2D eigenvalue weighted by molar-refractivity contribution is 0.480. The molecule has 1 heterocycles. The van der Waals surface area contributed by atoms with Crippen molar-refractivity contribution in [3.8, 4) is 0 Å². The number of nitrogens with zero attached hydrogens (tertiary/aromatic N) is 3. The Morgan fingerprint density at radius 3 is 2.12 bits per heavy atom. The van der Waals surface area contributed by atoms with Gasteiger partial charge >= 0.3 is 6.08 Å². The second-order valence-corrected chi connectivity index (χ2v) is 4.01. The molecule has 1 aromatic rings. The lowest BCUT2D eigenvalue weighted by Gasteiger charge is -2.23. The van der Waals surface area contributed by atoms with E-state index in [-0.39, 0.29) is 0 Å². The Morgan fingerprint density at radius 2 is 1.65 bits per heavy atom. The zero-order chi connectivity index (χ0) is 12.7. The number of hydrogen-bond acceptors (Lipinski definition) is 3. The van der Waals surface area contributed by atoms with Crippen LogP contribution in [-0.4, -0.2) is 23.1 Å². The number of aromatic nitrogens is 2. The Balaban J connectivity index is 2.78. The highest BCUT2D eigenvalue weighted by molar-refractivity contribution is 5.36. The van der Waals surface area contributed by atoms with Gasteiger partial charge in [-0.15, -0.1) is 0 Å². The fourth-order valence-electron chi connectivity index (χ4n) is 1.58. The summed E-state index contributed by atoms with van der Waals surface area (Å²) in [6.07, 6.45) is 3.05. The molecule has 96 valence electrons. The summed E-state index contributed by atoms with van der Waals surface area (Å²) in [5.41, 5.74) is 0. The van der Waals surface area contributed by atoms with E-state index < -0.39 is 12.0 Å². The first-order valence-electron chi connectivity index (χ1n) is 6.12. The minimum atomic E-state index is -1.00. The average Bonchev–Trinajstić information content (AvgIpc) is 2.28. The van der Waals surface area contributed by atoms with Crippen molar-refractivity contribution in [1.29, 1.82) is 0 Å². The van der Waals surface area contributed by atoms with E-state index in [1.807, 2.05) is 4.90 Å². The fraction of sp³-hybridized carbons (Fsp3) is 0.667. The molecule has 0 aliphatic carbocycles. The molecule has 1 aromatic heterocycles. The lowest BCUT2D eigenvalue weighted by Crippen LogP contribution is -2.27. The summed E-state index contributed by atoms with van der Waals surface area (Å²) < 4.78 is 26.0. The molecule has 0 aromatic carbocycles. The van der Waals surface area contributed by atoms with E-state index in [1.54, 1.807) is 0 Å². The van der Waals surface area contributed by atoms with Crippen LogP contribution < -0.4 is 4.90 Å². The molecule has 0 spiro atoms. The molecular weight excluding hydrogens is 224 g/mol. The van der Waals surface area contributed by atoms with Gasteiger partial charge in [-0.3, -0.25) is 0 Å². The van der Waals surface area contributed by atoms with Crippen LogP contribution in [0.3, 0.4) is 0 Å². The third-order valence-electron chi connectivity index (χ3n) is 2.54. The third-order valence-corrected chi connectivity index (χ3v) is 2.54. The summed E-state index contributed by atoms with van der Waals surface area (Å²) in [6, 6.07) is 1.19. The maximum Gasteiger partial charge on any atom is 0.313 e. The molecule has 0 unspecified atom stereocenters. The first kappa shape index (κ1) is 13.8. The van der Waals surface area contributed by atoms with E-state index in [4.69, 9.17) is 0 Å². The predicted molar refractivity (Wildman–Crippen MR) is 64.0 cm³/mol. The van der Waals surface area contributed by atoms with Crippen LogP contribution in [0.1, 0.15) is 39.5 Å². The molecule has 0 bridgehead atoms. The van der Waals surface area contributed by atoms with E-state index in [0.29, 0.717) is 5.82 Å². The van der Waals surface area contributed by atoms with Crippen LogP contribution in [-0.2, 0) is 0 Å². The van der Waals surface area contributed by atoms with Gasteiger partial charge in [0.1, 0.15) is 5.82 Å². The van der Waals surface area contributed by atoms with Crippen molar-refractivity contribution in [3.63, 3.8) is 0 Å². The molecule has 3 nitrogen and oxygen atoms in total. The quantitative estimate of drug-likeness (QED) is 0.544. The minimum Gasteiger partial charge on any atom is -0.356 e. The van der Waals surface area contributed by atoms with E-state index in [1.165, 1.54) is 6.07 Å². The highest BCUT2D eigenvalue weighted by Crippen LogP contribution is 2.13. The van der Waals surface area contributed by atoms with E-state index in [0.717, 1.165) is 38.8 Å². The van der Waals surface area contributed by atoms with E-state index in [2.05, 4.69) is 23.8 Å². The standard InChI is InChI=1S/C12H19F2N3/c1-3-5-7-17(8-6-4-2)11-9-10(13)15-12(14)16-11/h9H,3-8H2,1-2H3. The monoisotopic (exact) mass is 243 g/mol. The van der Waals surface area contributed by atoms with Gasteiger partial charge in [0.25, 0.3) is 0 Å². The van der Waals surface area contributed by atoms with Crippen LogP contribution in [0.2, 0.25) is 0 Å².